The third-order valence-corrected chi connectivity index (χ3v) is 12.2. The van der Waals surface area contributed by atoms with Crippen LogP contribution in [0.15, 0.2) is 143 Å². The van der Waals surface area contributed by atoms with E-state index in [1.165, 1.54) is 33.9 Å². The molecule has 4 aromatic rings. The molecular formula is C50H52BrClN2O6. The number of anilines is 1. The molecule has 0 bridgehead atoms. The number of hydrogen-bond donors (Lipinski definition) is 2. The number of allylic oxidation sites excluding steroid dienone is 8. The molecule has 60 heavy (non-hydrogen) atoms. The van der Waals surface area contributed by atoms with Gasteiger partial charge in [0, 0.05) is 52.5 Å². The minimum absolute atomic E-state index is 0. The lowest BCUT2D eigenvalue weighted by Gasteiger charge is -2.27. The molecule has 0 unspecified atom stereocenters. The van der Waals surface area contributed by atoms with E-state index in [0.29, 0.717) is 24.7 Å². The van der Waals surface area contributed by atoms with Crippen LogP contribution < -0.4 is 31.4 Å². The molecule has 7 rings (SSSR count). The van der Waals surface area contributed by atoms with Crippen LogP contribution in [-0.4, -0.2) is 58.7 Å². The van der Waals surface area contributed by atoms with Gasteiger partial charge in [0.2, 0.25) is 5.69 Å². The van der Waals surface area contributed by atoms with E-state index in [-0.39, 0.29) is 38.9 Å². The maximum absolute atomic E-state index is 11.2. The zero-order valence-corrected chi connectivity index (χ0v) is 36.9. The number of benzene rings is 4. The maximum atomic E-state index is 11.2. The van der Waals surface area contributed by atoms with Crippen LogP contribution in [0.1, 0.15) is 91.6 Å². The van der Waals surface area contributed by atoms with Crippen molar-refractivity contribution in [2.45, 2.75) is 70.6 Å². The van der Waals surface area contributed by atoms with Gasteiger partial charge in [-0.25, -0.2) is 9.59 Å². The third-order valence-electron chi connectivity index (χ3n) is 11.7. The van der Waals surface area contributed by atoms with Crippen molar-refractivity contribution in [2.24, 2.45) is 0 Å². The summed E-state index contributed by atoms with van der Waals surface area (Å²) in [5.74, 6) is -0.598. The Bertz CT molecular complexity index is 2390. The second kappa shape index (κ2) is 18.9. The first-order valence-electron chi connectivity index (χ1n) is 20.4. The first-order valence-corrected chi connectivity index (χ1v) is 20.8. The number of fused-ring (bicyclic) bond motifs is 2. The summed E-state index contributed by atoms with van der Waals surface area (Å²) in [7, 11) is 0. The number of hydrogen-bond acceptors (Lipinski definition) is 5. The molecule has 312 valence electrons. The molecule has 2 aliphatic heterocycles. The molecule has 2 N–H and O–H groups in total. The fourth-order valence-electron chi connectivity index (χ4n) is 8.54. The number of carboxylic acids is 2. The van der Waals surface area contributed by atoms with Gasteiger partial charge in [0.05, 0.1) is 29.8 Å². The average molecular weight is 892 g/mol. The standard InChI is InChI=1S/C50H51ClN2O6.BrH/c1-49(2)40-14-5-7-16-42(40)52(30-10-32-58-38-24-18-36(19-25-38)47(54)55)44(49)28-22-34-12-9-13-35(46(34)51)23-29-45-50(3,4)41-15-6-8-17-43(41)53(45)31-11-33-59-39-26-20-37(21-27-39)48(56)57;/h5-8,14-29H,9-13,30-33H2,1-4H3,(H-,54,55,56,57);1H. The Labute approximate surface area is 368 Å². The van der Waals surface area contributed by atoms with Gasteiger partial charge >= 0.3 is 11.9 Å². The molecule has 0 fully saturated rings. The zero-order chi connectivity index (χ0) is 41.7. The van der Waals surface area contributed by atoms with E-state index in [2.05, 4.69) is 110 Å². The Morgan fingerprint density at radius 2 is 1.32 bits per heavy atom. The molecule has 0 saturated carbocycles. The smallest absolute Gasteiger partial charge is 0.335 e. The zero-order valence-electron chi connectivity index (χ0n) is 34.6. The Kier molecular flexibility index (Phi) is 13.9. The number of ether oxygens (including phenoxy) is 2. The Morgan fingerprint density at radius 1 is 0.733 bits per heavy atom. The van der Waals surface area contributed by atoms with Crippen LogP contribution in [0, 0.1) is 0 Å². The van der Waals surface area contributed by atoms with Gasteiger partial charge < -0.3 is 41.6 Å². The molecule has 3 aliphatic rings. The first kappa shape index (κ1) is 44.2. The predicted octanol–water partition coefficient (Wildman–Crippen LogP) is 8.24. The maximum Gasteiger partial charge on any atom is 0.335 e. The minimum Gasteiger partial charge on any atom is -1.00 e. The van der Waals surface area contributed by atoms with E-state index < -0.39 is 11.9 Å². The van der Waals surface area contributed by atoms with Crippen LogP contribution in [0.3, 0.4) is 0 Å². The fraction of sp³-hybridized carbons (Fsp3) is 0.300. The predicted molar refractivity (Wildman–Crippen MR) is 235 cm³/mol. The second-order valence-electron chi connectivity index (χ2n) is 16.3. The number of para-hydroxylation sites is 2. The van der Waals surface area contributed by atoms with E-state index in [9.17, 15) is 19.8 Å². The van der Waals surface area contributed by atoms with Crippen molar-refractivity contribution in [1.82, 2.24) is 0 Å². The van der Waals surface area contributed by atoms with Gasteiger partial charge in [-0.2, -0.15) is 4.58 Å². The van der Waals surface area contributed by atoms with Crippen molar-refractivity contribution in [3.05, 3.63) is 165 Å². The van der Waals surface area contributed by atoms with Gasteiger partial charge in [-0.05, 0) is 117 Å². The summed E-state index contributed by atoms with van der Waals surface area (Å²) in [5, 5.41) is 19.3. The van der Waals surface area contributed by atoms with Crippen molar-refractivity contribution < 1.29 is 50.8 Å². The molecule has 4 aromatic carbocycles. The molecule has 2 heterocycles. The highest BCUT2D eigenvalue weighted by molar-refractivity contribution is 6.32. The van der Waals surface area contributed by atoms with Gasteiger partial charge in [-0.1, -0.05) is 74.0 Å². The number of rotatable bonds is 15. The Hall–Kier alpha value is -5.38. The SMILES string of the molecule is CC1(C)C(/C=C/C2=C(Cl)C(=C/C=C3/N(CCCOc4ccc(C(=O)O)cc4)c4ccccc4C3(C)C)/CCC2)=[N+](CCCOc2ccc(C(=O)O)cc2)c2ccccc21.[Br-]. The third kappa shape index (κ3) is 9.33. The lowest BCUT2D eigenvalue weighted by molar-refractivity contribution is -0.438. The molecule has 0 radical (unpaired) electrons. The molecule has 1 aliphatic carbocycles. The largest absolute Gasteiger partial charge is 1.00 e. The summed E-state index contributed by atoms with van der Waals surface area (Å²) in [6.07, 6.45) is 13.3. The van der Waals surface area contributed by atoms with Crippen molar-refractivity contribution in [3.8, 4) is 11.5 Å². The van der Waals surface area contributed by atoms with Gasteiger partial charge in [0.15, 0.2) is 12.3 Å². The van der Waals surface area contributed by atoms with Crippen LogP contribution >= 0.6 is 11.6 Å². The molecule has 0 aromatic heterocycles. The number of aromatic carboxylic acids is 2. The van der Waals surface area contributed by atoms with Crippen LogP contribution in [0.25, 0.3) is 0 Å². The summed E-state index contributed by atoms with van der Waals surface area (Å²) in [4.78, 5) is 24.9. The summed E-state index contributed by atoms with van der Waals surface area (Å²) in [5.41, 5.74) is 9.70. The molecule has 0 amide bonds. The van der Waals surface area contributed by atoms with Crippen molar-refractivity contribution in [2.75, 3.05) is 31.2 Å². The van der Waals surface area contributed by atoms with Crippen LogP contribution in [0.4, 0.5) is 11.4 Å². The summed E-state index contributed by atoms with van der Waals surface area (Å²) < 4.78 is 14.4. The van der Waals surface area contributed by atoms with Gasteiger partial charge in [-0.3, -0.25) is 0 Å². The number of carbonyl (C=O) groups is 2. The van der Waals surface area contributed by atoms with Gasteiger partial charge in [0.25, 0.3) is 0 Å². The number of carboxylic acid groups (broad SMARTS) is 2. The number of halogens is 2. The molecule has 8 nitrogen and oxygen atoms in total. The van der Waals surface area contributed by atoms with Crippen LogP contribution in [0.2, 0.25) is 0 Å². The summed E-state index contributed by atoms with van der Waals surface area (Å²) in [6, 6.07) is 30.2. The average Bonchev–Trinajstić information content (AvgIpc) is 3.58. The highest BCUT2D eigenvalue weighted by Gasteiger charge is 2.44. The van der Waals surface area contributed by atoms with Gasteiger partial charge in [-0.15, -0.1) is 0 Å². The summed E-state index contributed by atoms with van der Waals surface area (Å²) >= 11 is 7.28. The monoisotopic (exact) mass is 890 g/mol. The molecule has 0 spiro atoms. The molecular weight excluding hydrogens is 840 g/mol. The van der Waals surface area contributed by atoms with E-state index in [4.69, 9.17) is 21.1 Å². The van der Waals surface area contributed by atoms with E-state index >= 15 is 0 Å². The van der Waals surface area contributed by atoms with Crippen molar-refractivity contribution >= 4 is 40.6 Å². The van der Waals surface area contributed by atoms with Gasteiger partial charge in [0.1, 0.15) is 11.5 Å². The molecule has 0 saturated heterocycles. The lowest BCUT2D eigenvalue weighted by atomic mass is 9.81. The highest BCUT2D eigenvalue weighted by Crippen LogP contribution is 2.48. The Morgan fingerprint density at radius 3 is 1.95 bits per heavy atom. The normalized spacial score (nSPS) is 17.9. The molecule has 10 heteroatoms. The lowest BCUT2D eigenvalue weighted by Crippen LogP contribution is -3.00. The summed E-state index contributed by atoms with van der Waals surface area (Å²) in [6.45, 7) is 11.6. The number of nitrogens with zero attached hydrogens (tertiary/aromatic N) is 2. The molecule has 0 atom stereocenters. The van der Waals surface area contributed by atoms with Crippen LogP contribution in [-0.2, 0) is 10.8 Å². The van der Waals surface area contributed by atoms with E-state index in [1.807, 2.05) is 0 Å². The Balaban J connectivity index is 0.00000604. The topological polar surface area (TPSA) is 99.3 Å². The van der Waals surface area contributed by atoms with Crippen molar-refractivity contribution in [3.63, 3.8) is 0 Å². The highest BCUT2D eigenvalue weighted by atomic mass is 79.9. The van der Waals surface area contributed by atoms with Crippen LogP contribution in [0.5, 0.6) is 11.5 Å². The minimum atomic E-state index is -0.954. The van der Waals surface area contributed by atoms with E-state index in [1.54, 1.807) is 48.5 Å². The quantitative estimate of drug-likeness (QED) is 0.0917. The van der Waals surface area contributed by atoms with E-state index in [0.717, 1.165) is 61.4 Å². The van der Waals surface area contributed by atoms with Crippen molar-refractivity contribution in [1.29, 1.82) is 0 Å². The first-order chi connectivity index (χ1) is 28.4. The fourth-order valence-corrected chi connectivity index (χ4v) is 8.86. The second-order valence-corrected chi connectivity index (χ2v) is 16.7.